The van der Waals surface area contributed by atoms with Crippen LogP contribution in [0.3, 0.4) is 0 Å². The maximum atomic E-state index is 5.64. The molecule has 3 fully saturated rings. The highest BCUT2D eigenvalue weighted by molar-refractivity contribution is 5.27. The van der Waals surface area contributed by atoms with E-state index >= 15 is 0 Å². The molecule has 1 nitrogen and oxygen atoms in total. The highest BCUT2D eigenvalue weighted by Gasteiger charge is 2.78. The Balaban J connectivity index is 2.09. The zero-order chi connectivity index (χ0) is 5.24. The SMILES string of the molecule is C1CC23CCC2(C1)O3. The second-order valence-electron chi connectivity index (χ2n) is 3.44. The predicted octanol–water partition coefficient (Wildman–Crippen LogP) is 1.47. The number of hydrogen-bond donors (Lipinski definition) is 0. The van der Waals surface area contributed by atoms with E-state index in [1.165, 1.54) is 32.1 Å². The van der Waals surface area contributed by atoms with E-state index in [1.54, 1.807) is 0 Å². The van der Waals surface area contributed by atoms with Gasteiger partial charge in [0.15, 0.2) is 0 Å². The van der Waals surface area contributed by atoms with Crippen molar-refractivity contribution in [2.75, 3.05) is 0 Å². The van der Waals surface area contributed by atoms with Gasteiger partial charge in [-0.05, 0) is 32.1 Å². The lowest BCUT2D eigenvalue weighted by Crippen LogP contribution is -2.30. The first-order valence-electron chi connectivity index (χ1n) is 3.57. The molecule has 0 N–H and O–H groups in total. The molecule has 0 aromatic carbocycles. The minimum absolute atomic E-state index is 0.479. The van der Waals surface area contributed by atoms with Crippen LogP contribution in [-0.4, -0.2) is 11.2 Å². The van der Waals surface area contributed by atoms with E-state index in [1.807, 2.05) is 0 Å². The molecule has 0 spiro atoms. The third-order valence-corrected chi connectivity index (χ3v) is 3.27. The van der Waals surface area contributed by atoms with Crippen LogP contribution >= 0.6 is 0 Å². The molecule has 1 saturated heterocycles. The van der Waals surface area contributed by atoms with Crippen molar-refractivity contribution >= 4 is 0 Å². The number of ether oxygens (including phenoxy) is 1. The monoisotopic (exact) mass is 110 g/mol. The molecule has 1 aliphatic heterocycles. The van der Waals surface area contributed by atoms with Crippen LogP contribution in [0.4, 0.5) is 0 Å². The maximum absolute atomic E-state index is 5.64. The second kappa shape index (κ2) is 0.766. The molecule has 3 aliphatic rings. The van der Waals surface area contributed by atoms with Crippen molar-refractivity contribution in [1.29, 1.82) is 0 Å². The molecule has 2 unspecified atom stereocenters. The lowest BCUT2D eigenvalue weighted by molar-refractivity contribution is 0.260. The van der Waals surface area contributed by atoms with Gasteiger partial charge >= 0.3 is 0 Å². The molecule has 1 heterocycles. The molecule has 2 saturated carbocycles. The minimum Gasteiger partial charge on any atom is -0.363 e. The van der Waals surface area contributed by atoms with E-state index in [0.717, 1.165) is 0 Å². The van der Waals surface area contributed by atoms with Gasteiger partial charge in [-0.2, -0.15) is 0 Å². The van der Waals surface area contributed by atoms with Crippen molar-refractivity contribution < 1.29 is 4.74 Å². The highest BCUT2D eigenvalue weighted by Crippen LogP contribution is 2.72. The number of epoxide rings is 1. The lowest BCUT2D eigenvalue weighted by Gasteiger charge is -2.20. The summed E-state index contributed by atoms with van der Waals surface area (Å²) in [7, 11) is 0. The van der Waals surface area contributed by atoms with Crippen LogP contribution in [0.2, 0.25) is 0 Å². The van der Waals surface area contributed by atoms with Gasteiger partial charge in [-0.15, -0.1) is 0 Å². The standard InChI is InChI=1S/C7H10O/c1-2-6-4-5-7(6,3-1)8-6/h1-5H2. The van der Waals surface area contributed by atoms with Crippen molar-refractivity contribution in [3.8, 4) is 0 Å². The highest BCUT2D eigenvalue weighted by atomic mass is 16.6. The van der Waals surface area contributed by atoms with Crippen molar-refractivity contribution in [2.24, 2.45) is 0 Å². The Labute approximate surface area is 49.0 Å². The number of hydrogen-bond acceptors (Lipinski definition) is 1. The third-order valence-electron chi connectivity index (χ3n) is 3.27. The summed E-state index contributed by atoms with van der Waals surface area (Å²) in [6.45, 7) is 0. The van der Waals surface area contributed by atoms with Crippen LogP contribution in [0.5, 0.6) is 0 Å². The molecular formula is C7H10O. The Hall–Kier alpha value is -0.0400. The van der Waals surface area contributed by atoms with E-state index in [4.69, 9.17) is 4.74 Å². The van der Waals surface area contributed by atoms with Crippen LogP contribution in [0.25, 0.3) is 0 Å². The van der Waals surface area contributed by atoms with Crippen LogP contribution < -0.4 is 0 Å². The molecule has 0 bridgehead atoms. The van der Waals surface area contributed by atoms with Gasteiger partial charge < -0.3 is 4.74 Å². The fraction of sp³-hybridized carbons (Fsp3) is 1.00. The fourth-order valence-electron chi connectivity index (χ4n) is 2.60. The Morgan fingerprint density at radius 1 is 0.875 bits per heavy atom. The minimum atomic E-state index is 0.479. The zero-order valence-electron chi connectivity index (χ0n) is 4.94. The van der Waals surface area contributed by atoms with Crippen molar-refractivity contribution in [2.45, 2.75) is 43.3 Å². The first kappa shape index (κ1) is 3.89. The molecule has 0 radical (unpaired) electrons. The Kier molecular flexibility index (Phi) is 0.372. The van der Waals surface area contributed by atoms with Crippen molar-refractivity contribution in [1.82, 2.24) is 0 Å². The van der Waals surface area contributed by atoms with Gasteiger partial charge in [0.25, 0.3) is 0 Å². The van der Waals surface area contributed by atoms with E-state index in [2.05, 4.69) is 0 Å². The summed E-state index contributed by atoms with van der Waals surface area (Å²) < 4.78 is 5.64. The van der Waals surface area contributed by atoms with Crippen LogP contribution in [-0.2, 0) is 4.74 Å². The average molecular weight is 110 g/mol. The normalized spacial score (nSPS) is 66.0. The molecule has 2 aliphatic carbocycles. The molecule has 2 atom stereocenters. The quantitative estimate of drug-likeness (QED) is 0.430. The van der Waals surface area contributed by atoms with Crippen LogP contribution in [0.15, 0.2) is 0 Å². The van der Waals surface area contributed by atoms with Gasteiger partial charge in [0.2, 0.25) is 0 Å². The van der Waals surface area contributed by atoms with Crippen LogP contribution in [0.1, 0.15) is 32.1 Å². The van der Waals surface area contributed by atoms with Crippen molar-refractivity contribution in [3.05, 3.63) is 0 Å². The third kappa shape index (κ3) is 0.188. The Morgan fingerprint density at radius 3 is 1.75 bits per heavy atom. The summed E-state index contributed by atoms with van der Waals surface area (Å²) in [4.78, 5) is 0. The van der Waals surface area contributed by atoms with E-state index in [9.17, 15) is 0 Å². The van der Waals surface area contributed by atoms with Crippen molar-refractivity contribution in [3.63, 3.8) is 0 Å². The molecule has 44 valence electrons. The summed E-state index contributed by atoms with van der Waals surface area (Å²) >= 11 is 0. The number of rotatable bonds is 0. The average Bonchev–Trinajstić information content (AvgIpc) is 2.14. The molecule has 3 rings (SSSR count). The summed E-state index contributed by atoms with van der Waals surface area (Å²) in [5.74, 6) is 0. The van der Waals surface area contributed by atoms with E-state index in [0.29, 0.717) is 11.2 Å². The maximum Gasteiger partial charge on any atom is 0.0981 e. The second-order valence-corrected chi connectivity index (χ2v) is 3.44. The van der Waals surface area contributed by atoms with E-state index < -0.39 is 0 Å². The predicted molar refractivity (Wildman–Crippen MR) is 29.6 cm³/mol. The first-order chi connectivity index (χ1) is 3.87. The van der Waals surface area contributed by atoms with Gasteiger partial charge in [0, 0.05) is 0 Å². The molecular weight excluding hydrogens is 100 g/mol. The lowest BCUT2D eigenvalue weighted by atomic mass is 9.77. The first-order valence-corrected chi connectivity index (χ1v) is 3.57. The van der Waals surface area contributed by atoms with Gasteiger partial charge in [-0.25, -0.2) is 0 Å². The Morgan fingerprint density at radius 2 is 1.50 bits per heavy atom. The topological polar surface area (TPSA) is 12.5 Å². The van der Waals surface area contributed by atoms with E-state index in [-0.39, 0.29) is 0 Å². The molecule has 0 aromatic rings. The summed E-state index contributed by atoms with van der Waals surface area (Å²) in [5.41, 5.74) is 0.958. The summed E-state index contributed by atoms with van der Waals surface area (Å²) in [5, 5.41) is 0. The van der Waals surface area contributed by atoms with Gasteiger partial charge in [-0.1, -0.05) is 0 Å². The zero-order valence-corrected chi connectivity index (χ0v) is 4.94. The molecule has 0 aromatic heterocycles. The molecule has 0 amide bonds. The summed E-state index contributed by atoms with van der Waals surface area (Å²) in [6, 6.07) is 0. The smallest absolute Gasteiger partial charge is 0.0981 e. The summed E-state index contributed by atoms with van der Waals surface area (Å²) in [6.07, 6.45) is 6.90. The van der Waals surface area contributed by atoms with Gasteiger partial charge in [0.1, 0.15) is 0 Å². The largest absolute Gasteiger partial charge is 0.363 e. The Bertz CT molecular complexity index is 130. The van der Waals surface area contributed by atoms with Gasteiger partial charge in [0.05, 0.1) is 11.2 Å². The fourth-order valence-corrected chi connectivity index (χ4v) is 2.60. The molecule has 1 heteroatoms. The van der Waals surface area contributed by atoms with Crippen LogP contribution in [0, 0.1) is 0 Å². The molecule has 8 heavy (non-hydrogen) atoms. The van der Waals surface area contributed by atoms with Gasteiger partial charge in [-0.3, -0.25) is 0 Å².